The average molecular weight is 332 g/mol. The summed E-state index contributed by atoms with van der Waals surface area (Å²) in [5, 5.41) is 7.42. The Bertz CT molecular complexity index is 582. The number of nitriles is 1. The molecule has 0 saturated heterocycles. The molecule has 21 heavy (non-hydrogen) atoms. The molecular formula is C13H18FN2O3PS. The predicted octanol–water partition coefficient (Wildman–Crippen LogP) is 4.18. The summed E-state index contributed by atoms with van der Waals surface area (Å²) < 4.78 is 36.7. The van der Waals surface area contributed by atoms with Gasteiger partial charge >= 0.3 is 7.60 Å². The minimum Gasteiger partial charge on any atom is -0.306 e. The fourth-order valence-corrected chi connectivity index (χ4v) is 4.61. The third-order valence-corrected chi connectivity index (χ3v) is 6.04. The molecule has 1 aromatic rings. The van der Waals surface area contributed by atoms with E-state index in [1.807, 2.05) is 6.07 Å². The minimum absolute atomic E-state index is 0.0731. The molecule has 116 valence electrons. The minimum atomic E-state index is -3.89. The molecule has 0 fully saturated rings. The van der Waals surface area contributed by atoms with Crippen molar-refractivity contribution in [2.45, 2.75) is 38.0 Å². The highest BCUT2D eigenvalue weighted by atomic mass is 32.2. The van der Waals surface area contributed by atoms with E-state index in [2.05, 4.69) is 4.98 Å². The number of alkyl halides is 1. The first-order valence-electron chi connectivity index (χ1n) is 6.45. The summed E-state index contributed by atoms with van der Waals surface area (Å²) in [6.07, 6.45) is 0. The number of aromatic nitrogens is 1. The topological polar surface area (TPSA) is 72.2 Å². The van der Waals surface area contributed by atoms with Crippen LogP contribution in [0.15, 0.2) is 11.1 Å². The van der Waals surface area contributed by atoms with E-state index in [9.17, 15) is 8.96 Å². The van der Waals surface area contributed by atoms with E-state index in [1.54, 1.807) is 33.8 Å². The predicted molar refractivity (Wildman–Crippen MR) is 80.0 cm³/mol. The van der Waals surface area contributed by atoms with Crippen molar-refractivity contribution in [1.82, 2.24) is 4.98 Å². The first kappa shape index (κ1) is 18.1. The molecular weight excluding hydrogens is 314 g/mol. The molecule has 0 saturated carbocycles. The molecule has 0 bridgehead atoms. The zero-order valence-electron chi connectivity index (χ0n) is 12.4. The lowest BCUT2D eigenvalue weighted by Gasteiger charge is -2.20. The van der Waals surface area contributed by atoms with Gasteiger partial charge in [0.05, 0.1) is 18.8 Å². The third-order valence-electron chi connectivity index (χ3n) is 2.50. The number of thioether (sulfide) groups is 1. The van der Waals surface area contributed by atoms with Gasteiger partial charge in [-0.3, -0.25) is 4.57 Å². The lowest BCUT2D eigenvalue weighted by atomic mass is 10.1. The van der Waals surface area contributed by atoms with Crippen LogP contribution in [-0.2, 0) is 13.6 Å². The van der Waals surface area contributed by atoms with Gasteiger partial charge in [0.25, 0.3) is 5.24 Å². The maximum atomic E-state index is 14.4. The zero-order valence-corrected chi connectivity index (χ0v) is 14.1. The zero-order chi connectivity index (χ0) is 16.0. The molecule has 0 aliphatic carbocycles. The lowest BCUT2D eigenvalue weighted by molar-refractivity contribution is 0.205. The van der Waals surface area contributed by atoms with Crippen LogP contribution < -0.4 is 0 Å². The van der Waals surface area contributed by atoms with Crippen LogP contribution in [0.4, 0.5) is 4.39 Å². The number of hydrogen-bond acceptors (Lipinski definition) is 6. The highest BCUT2D eigenvalue weighted by molar-refractivity contribution is 8.05. The van der Waals surface area contributed by atoms with E-state index >= 15 is 0 Å². The summed E-state index contributed by atoms with van der Waals surface area (Å²) in [6.45, 7) is 6.86. The van der Waals surface area contributed by atoms with Crippen molar-refractivity contribution in [3.8, 4) is 6.07 Å². The first-order chi connectivity index (χ1) is 9.87. The summed E-state index contributed by atoms with van der Waals surface area (Å²) in [7, 11) is -3.89. The summed E-state index contributed by atoms with van der Waals surface area (Å²) >= 11 is 0.597. The molecule has 0 aromatic carbocycles. The molecule has 0 spiro atoms. The first-order valence-corrected chi connectivity index (χ1v) is 8.95. The van der Waals surface area contributed by atoms with Crippen molar-refractivity contribution in [2.75, 3.05) is 13.2 Å². The standard InChI is InChI=1S/C13H18FN2O3PS/c1-5-18-20(17,19-6-2)13(14)21-12-11(8-15)9(3)7-10(4)16-12/h7,13H,5-6H2,1-4H3. The fourth-order valence-electron chi connectivity index (χ4n) is 1.69. The van der Waals surface area contributed by atoms with Gasteiger partial charge in [-0.15, -0.1) is 0 Å². The normalized spacial score (nSPS) is 13.0. The van der Waals surface area contributed by atoms with Crippen molar-refractivity contribution >= 4 is 19.4 Å². The molecule has 1 aromatic heterocycles. The van der Waals surface area contributed by atoms with Crippen LogP contribution in [-0.4, -0.2) is 23.4 Å². The Labute approximate surface area is 128 Å². The van der Waals surface area contributed by atoms with E-state index in [4.69, 9.17) is 14.3 Å². The molecule has 1 rings (SSSR count). The van der Waals surface area contributed by atoms with Gasteiger partial charge in [0.15, 0.2) is 0 Å². The van der Waals surface area contributed by atoms with Crippen molar-refractivity contribution in [1.29, 1.82) is 5.26 Å². The van der Waals surface area contributed by atoms with E-state index in [1.165, 1.54) is 0 Å². The molecule has 0 amide bonds. The fraction of sp³-hybridized carbons (Fsp3) is 0.538. The van der Waals surface area contributed by atoms with Crippen LogP contribution in [0.2, 0.25) is 0 Å². The van der Waals surface area contributed by atoms with E-state index in [-0.39, 0.29) is 23.8 Å². The van der Waals surface area contributed by atoms with Crippen LogP contribution in [0.25, 0.3) is 0 Å². The van der Waals surface area contributed by atoms with Gasteiger partial charge in [-0.05, 0) is 39.3 Å². The highest BCUT2D eigenvalue weighted by Crippen LogP contribution is 2.59. The Kier molecular flexibility index (Phi) is 6.82. The molecule has 0 aliphatic rings. The van der Waals surface area contributed by atoms with E-state index in [0.717, 1.165) is 0 Å². The Morgan fingerprint density at radius 2 is 2.00 bits per heavy atom. The molecule has 0 aliphatic heterocycles. The van der Waals surface area contributed by atoms with Crippen LogP contribution in [0.5, 0.6) is 0 Å². The van der Waals surface area contributed by atoms with Crippen LogP contribution >= 0.6 is 19.4 Å². The number of pyridine rings is 1. The second-order valence-corrected chi connectivity index (χ2v) is 7.59. The number of nitrogens with zero attached hydrogens (tertiary/aromatic N) is 2. The van der Waals surface area contributed by atoms with Gasteiger partial charge in [-0.25, -0.2) is 9.37 Å². The van der Waals surface area contributed by atoms with E-state index < -0.39 is 12.8 Å². The van der Waals surface area contributed by atoms with Gasteiger partial charge in [0, 0.05) is 5.69 Å². The SMILES string of the molecule is CCOP(=O)(OCC)C(F)Sc1nc(C)cc(C)c1C#N. The van der Waals surface area contributed by atoms with Crippen LogP contribution in [0.1, 0.15) is 30.7 Å². The lowest BCUT2D eigenvalue weighted by Crippen LogP contribution is -2.06. The second kappa shape index (κ2) is 7.90. The van der Waals surface area contributed by atoms with Crippen molar-refractivity contribution in [3.05, 3.63) is 22.9 Å². The summed E-state index contributed by atoms with van der Waals surface area (Å²) in [6, 6.07) is 3.73. The molecule has 1 heterocycles. The quantitative estimate of drug-likeness (QED) is 0.551. The van der Waals surface area contributed by atoms with Gasteiger partial charge < -0.3 is 9.05 Å². The summed E-state index contributed by atoms with van der Waals surface area (Å²) in [5.74, 6) is 0. The number of rotatable bonds is 7. The maximum Gasteiger partial charge on any atom is 0.375 e. The molecule has 1 atom stereocenters. The van der Waals surface area contributed by atoms with Crippen molar-refractivity contribution in [2.24, 2.45) is 0 Å². The smallest absolute Gasteiger partial charge is 0.306 e. The van der Waals surface area contributed by atoms with Gasteiger partial charge in [-0.1, -0.05) is 11.8 Å². The Morgan fingerprint density at radius 3 is 2.48 bits per heavy atom. The number of halogens is 1. The maximum absolute atomic E-state index is 14.4. The molecule has 5 nitrogen and oxygen atoms in total. The summed E-state index contributed by atoms with van der Waals surface area (Å²) in [5.41, 5.74) is 1.62. The van der Waals surface area contributed by atoms with Gasteiger partial charge in [-0.2, -0.15) is 5.26 Å². The van der Waals surface area contributed by atoms with Crippen LogP contribution in [0, 0.1) is 25.2 Å². The average Bonchev–Trinajstić information content (AvgIpc) is 2.38. The Hall–Kier alpha value is -0.930. The van der Waals surface area contributed by atoms with Gasteiger partial charge in [0.2, 0.25) is 0 Å². The number of hydrogen-bond donors (Lipinski definition) is 0. The number of aryl methyl sites for hydroxylation is 2. The monoisotopic (exact) mass is 332 g/mol. The van der Waals surface area contributed by atoms with Crippen LogP contribution in [0.3, 0.4) is 0 Å². The Morgan fingerprint density at radius 1 is 1.43 bits per heavy atom. The third kappa shape index (κ3) is 4.52. The second-order valence-electron chi connectivity index (χ2n) is 4.16. The van der Waals surface area contributed by atoms with Crippen molar-refractivity contribution in [3.63, 3.8) is 0 Å². The Balaban J connectivity index is 3.10. The van der Waals surface area contributed by atoms with E-state index in [0.29, 0.717) is 23.0 Å². The highest BCUT2D eigenvalue weighted by Gasteiger charge is 2.37. The molecule has 8 heteroatoms. The molecule has 0 radical (unpaired) electrons. The van der Waals surface area contributed by atoms with Crippen molar-refractivity contribution < 1.29 is 18.0 Å². The molecule has 0 N–H and O–H groups in total. The van der Waals surface area contributed by atoms with Gasteiger partial charge in [0.1, 0.15) is 11.1 Å². The summed E-state index contributed by atoms with van der Waals surface area (Å²) in [4.78, 5) is 4.15. The largest absolute Gasteiger partial charge is 0.375 e. The molecule has 1 unspecified atom stereocenters.